The van der Waals surface area contributed by atoms with Crippen LogP contribution in [0.15, 0.2) is 79.0 Å². The van der Waals surface area contributed by atoms with Crippen molar-refractivity contribution in [3.8, 4) is 11.5 Å². The number of ether oxygens (including phenoxy) is 2. The van der Waals surface area contributed by atoms with Gasteiger partial charge in [-0.2, -0.15) is 0 Å². The summed E-state index contributed by atoms with van der Waals surface area (Å²) in [5, 5.41) is 4.69. The standard InChI is InChI=1S/C26H25ClN2O3/c1-18(32-22-9-7-21(27)8-10-22)26(30)28-14-13-20-16-29-25-15-23(11-12-24(20)25)31-17-19-5-3-2-4-6-19/h2-12,15-16,18,29H,13-14,17H2,1H3,(H,28,30). The normalized spacial score (nSPS) is 11.8. The zero-order chi connectivity index (χ0) is 22.3. The van der Waals surface area contributed by atoms with Gasteiger partial charge in [-0.25, -0.2) is 0 Å². The molecule has 5 nitrogen and oxygen atoms in total. The Morgan fingerprint density at radius 1 is 1.03 bits per heavy atom. The van der Waals surface area contributed by atoms with Gasteiger partial charge in [0.1, 0.15) is 18.1 Å². The van der Waals surface area contributed by atoms with Crippen LogP contribution in [0.5, 0.6) is 11.5 Å². The number of rotatable bonds is 9. The molecule has 0 saturated carbocycles. The molecule has 6 heteroatoms. The smallest absolute Gasteiger partial charge is 0.260 e. The maximum absolute atomic E-state index is 12.4. The lowest BCUT2D eigenvalue weighted by molar-refractivity contribution is -0.127. The van der Waals surface area contributed by atoms with Gasteiger partial charge in [-0.3, -0.25) is 4.79 Å². The first-order valence-electron chi connectivity index (χ1n) is 10.5. The summed E-state index contributed by atoms with van der Waals surface area (Å²) < 4.78 is 11.6. The van der Waals surface area contributed by atoms with E-state index in [4.69, 9.17) is 21.1 Å². The van der Waals surface area contributed by atoms with Gasteiger partial charge in [0.05, 0.1) is 0 Å². The molecule has 0 aliphatic carbocycles. The second kappa shape index (κ2) is 10.2. The average molecular weight is 449 g/mol. The van der Waals surface area contributed by atoms with Crippen LogP contribution in [0.2, 0.25) is 5.02 Å². The number of carbonyl (C=O) groups excluding carboxylic acids is 1. The van der Waals surface area contributed by atoms with Crippen LogP contribution in [0.25, 0.3) is 10.9 Å². The summed E-state index contributed by atoms with van der Waals surface area (Å²) >= 11 is 5.87. The van der Waals surface area contributed by atoms with E-state index in [9.17, 15) is 4.79 Å². The van der Waals surface area contributed by atoms with Crippen molar-refractivity contribution in [3.63, 3.8) is 0 Å². The van der Waals surface area contributed by atoms with Crippen LogP contribution in [0.3, 0.4) is 0 Å². The van der Waals surface area contributed by atoms with Crippen molar-refractivity contribution in [1.29, 1.82) is 0 Å². The first-order valence-corrected chi connectivity index (χ1v) is 10.9. The first kappa shape index (κ1) is 21.8. The molecule has 0 fully saturated rings. The van der Waals surface area contributed by atoms with Gasteiger partial charge in [0.15, 0.2) is 6.10 Å². The number of amides is 1. The molecule has 3 aromatic carbocycles. The molecule has 0 aliphatic rings. The van der Waals surface area contributed by atoms with E-state index in [1.165, 1.54) is 0 Å². The molecule has 1 amide bonds. The third-order valence-corrected chi connectivity index (χ3v) is 5.43. The SMILES string of the molecule is CC(Oc1ccc(Cl)cc1)C(=O)NCCc1c[nH]c2cc(OCc3ccccc3)ccc12. The van der Waals surface area contributed by atoms with Gasteiger partial charge < -0.3 is 19.8 Å². The Bertz CT molecular complexity index is 1170. The van der Waals surface area contributed by atoms with Gasteiger partial charge in [0.2, 0.25) is 0 Å². The third-order valence-electron chi connectivity index (χ3n) is 5.18. The minimum atomic E-state index is -0.594. The molecule has 1 atom stereocenters. The number of carbonyl (C=O) groups is 1. The predicted molar refractivity (Wildman–Crippen MR) is 127 cm³/mol. The van der Waals surface area contributed by atoms with E-state index in [-0.39, 0.29) is 5.91 Å². The Labute approximate surface area is 192 Å². The monoisotopic (exact) mass is 448 g/mol. The number of benzene rings is 3. The lowest BCUT2D eigenvalue weighted by atomic mass is 10.1. The minimum absolute atomic E-state index is 0.156. The molecule has 4 aromatic rings. The summed E-state index contributed by atoms with van der Waals surface area (Å²) in [6.07, 6.45) is 2.10. The molecule has 0 aliphatic heterocycles. The molecule has 1 aromatic heterocycles. The second-order valence-corrected chi connectivity index (χ2v) is 7.99. The Hall–Kier alpha value is -3.44. The van der Waals surface area contributed by atoms with Gasteiger partial charge in [0.25, 0.3) is 5.91 Å². The Morgan fingerprint density at radius 3 is 2.56 bits per heavy atom. The molecule has 4 rings (SSSR count). The minimum Gasteiger partial charge on any atom is -0.489 e. The van der Waals surface area contributed by atoms with Crippen molar-refractivity contribution >= 4 is 28.4 Å². The Balaban J connectivity index is 1.28. The predicted octanol–water partition coefficient (Wildman–Crippen LogP) is 5.53. The van der Waals surface area contributed by atoms with Gasteiger partial charge in [-0.15, -0.1) is 0 Å². The lowest BCUT2D eigenvalue weighted by Crippen LogP contribution is -2.37. The van der Waals surface area contributed by atoms with E-state index < -0.39 is 6.10 Å². The zero-order valence-electron chi connectivity index (χ0n) is 17.8. The molecule has 1 heterocycles. The quantitative estimate of drug-likeness (QED) is 0.354. The topological polar surface area (TPSA) is 63.3 Å². The first-order chi connectivity index (χ1) is 15.6. The summed E-state index contributed by atoms with van der Waals surface area (Å²) in [7, 11) is 0. The average Bonchev–Trinajstić information content (AvgIpc) is 3.22. The number of fused-ring (bicyclic) bond motifs is 1. The highest BCUT2D eigenvalue weighted by atomic mass is 35.5. The number of H-pyrrole nitrogens is 1. The van der Waals surface area contributed by atoms with Gasteiger partial charge >= 0.3 is 0 Å². The van der Waals surface area contributed by atoms with Gasteiger partial charge in [-0.1, -0.05) is 41.9 Å². The molecule has 164 valence electrons. The van der Waals surface area contributed by atoms with E-state index in [0.29, 0.717) is 30.3 Å². The van der Waals surface area contributed by atoms with Crippen LogP contribution >= 0.6 is 11.6 Å². The summed E-state index contributed by atoms with van der Waals surface area (Å²) in [5.41, 5.74) is 3.28. The van der Waals surface area contributed by atoms with Crippen molar-refractivity contribution in [3.05, 3.63) is 95.1 Å². The highest BCUT2D eigenvalue weighted by Gasteiger charge is 2.14. The largest absolute Gasteiger partial charge is 0.489 e. The molecule has 2 N–H and O–H groups in total. The molecule has 32 heavy (non-hydrogen) atoms. The Kier molecular flexibility index (Phi) is 6.97. The van der Waals surface area contributed by atoms with E-state index in [2.05, 4.69) is 16.4 Å². The van der Waals surface area contributed by atoms with E-state index in [0.717, 1.165) is 27.8 Å². The van der Waals surface area contributed by atoms with E-state index >= 15 is 0 Å². The number of nitrogens with one attached hydrogen (secondary N) is 2. The summed E-state index contributed by atoms with van der Waals surface area (Å²) in [6, 6.07) is 23.1. The maximum Gasteiger partial charge on any atom is 0.260 e. The van der Waals surface area contributed by atoms with Crippen molar-refractivity contribution in [2.75, 3.05) is 6.54 Å². The zero-order valence-corrected chi connectivity index (χ0v) is 18.6. The van der Waals surface area contributed by atoms with Gasteiger partial charge in [0, 0.05) is 34.7 Å². The van der Waals surface area contributed by atoms with Crippen molar-refractivity contribution < 1.29 is 14.3 Å². The molecule has 0 spiro atoms. The fraction of sp³-hybridized carbons (Fsp3) is 0.192. The molecular weight excluding hydrogens is 424 g/mol. The van der Waals surface area contributed by atoms with Crippen LogP contribution in [-0.4, -0.2) is 23.5 Å². The van der Waals surface area contributed by atoms with E-state index in [1.54, 1.807) is 31.2 Å². The highest BCUT2D eigenvalue weighted by Crippen LogP contribution is 2.24. The van der Waals surface area contributed by atoms with Crippen molar-refractivity contribution in [2.45, 2.75) is 26.1 Å². The number of aromatic amines is 1. The van der Waals surface area contributed by atoms with Crippen LogP contribution in [0.1, 0.15) is 18.1 Å². The van der Waals surface area contributed by atoms with Crippen molar-refractivity contribution in [1.82, 2.24) is 10.3 Å². The molecule has 0 radical (unpaired) electrons. The van der Waals surface area contributed by atoms with Crippen LogP contribution in [0, 0.1) is 0 Å². The van der Waals surface area contributed by atoms with Crippen LogP contribution in [0.4, 0.5) is 0 Å². The fourth-order valence-corrected chi connectivity index (χ4v) is 3.56. The summed E-state index contributed by atoms with van der Waals surface area (Å²) in [4.78, 5) is 15.7. The van der Waals surface area contributed by atoms with Crippen LogP contribution in [-0.2, 0) is 17.8 Å². The molecule has 1 unspecified atom stereocenters. The van der Waals surface area contributed by atoms with Crippen molar-refractivity contribution in [2.24, 2.45) is 0 Å². The summed E-state index contributed by atoms with van der Waals surface area (Å²) in [5.74, 6) is 1.27. The maximum atomic E-state index is 12.4. The molecule has 0 saturated heterocycles. The van der Waals surface area contributed by atoms with E-state index in [1.807, 2.05) is 48.7 Å². The Morgan fingerprint density at radius 2 is 1.78 bits per heavy atom. The summed E-state index contributed by atoms with van der Waals surface area (Å²) in [6.45, 7) is 2.78. The lowest BCUT2D eigenvalue weighted by Gasteiger charge is -2.14. The third kappa shape index (κ3) is 5.62. The second-order valence-electron chi connectivity index (χ2n) is 7.55. The number of aromatic nitrogens is 1. The highest BCUT2D eigenvalue weighted by molar-refractivity contribution is 6.30. The number of halogens is 1. The van der Waals surface area contributed by atoms with Crippen LogP contribution < -0.4 is 14.8 Å². The molecular formula is C26H25ClN2O3. The number of hydrogen-bond acceptors (Lipinski definition) is 3. The van der Waals surface area contributed by atoms with Gasteiger partial charge in [-0.05, 0) is 60.9 Å². The number of hydrogen-bond donors (Lipinski definition) is 2. The molecule has 0 bridgehead atoms. The fourth-order valence-electron chi connectivity index (χ4n) is 3.44.